The van der Waals surface area contributed by atoms with Crippen LogP contribution in [0.5, 0.6) is 0 Å². The maximum atomic E-state index is 13.1. The van der Waals surface area contributed by atoms with Crippen LogP contribution in [0.25, 0.3) is 5.69 Å². The molecule has 0 spiro atoms. The van der Waals surface area contributed by atoms with Gasteiger partial charge in [0.05, 0.1) is 23.4 Å². The van der Waals surface area contributed by atoms with Gasteiger partial charge in [0.25, 0.3) is 0 Å². The first-order chi connectivity index (χ1) is 12.8. The van der Waals surface area contributed by atoms with Crippen molar-refractivity contribution in [1.29, 1.82) is 5.26 Å². The van der Waals surface area contributed by atoms with Gasteiger partial charge in [-0.05, 0) is 18.2 Å². The molecule has 0 fully saturated rings. The highest BCUT2D eigenvalue weighted by Gasteiger charge is 2.34. The molecule has 2 aromatic heterocycles. The fraction of sp³-hybridized carbons (Fsp3) is 0.111. The Morgan fingerprint density at radius 3 is 2.67 bits per heavy atom. The van der Waals surface area contributed by atoms with Gasteiger partial charge in [0, 0.05) is 18.0 Å². The molecule has 0 N–H and O–H groups in total. The van der Waals surface area contributed by atoms with E-state index in [4.69, 9.17) is 11.6 Å². The summed E-state index contributed by atoms with van der Waals surface area (Å²) in [7, 11) is 0. The molecular formula is C18H10ClF3N4O. The molecule has 0 saturated carbocycles. The molecule has 0 aliphatic heterocycles. The van der Waals surface area contributed by atoms with Gasteiger partial charge in [0.15, 0.2) is 5.78 Å². The highest BCUT2D eigenvalue weighted by Crippen LogP contribution is 2.32. The van der Waals surface area contributed by atoms with E-state index in [1.165, 1.54) is 41.3 Å². The van der Waals surface area contributed by atoms with Crippen molar-refractivity contribution in [2.75, 3.05) is 0 Å². The number of ketones is 1. The summed E-state index contributed by atoms with van der Waals surface area (Å²) in [6.07, 6.45) is -2.06. The second kappa shape index (κ2) is 7.21. The summed E-state index contributed by atoms with van der Waals surface area (Å²) in [5.41, 5.74) is -0.686. The average molecular weight is 391 g/mol. The lowest BCUT2D eigenvalue weighted by Gasteiger charge is -2.11. The molecule has 5 nitrogen and oxygen atoms in total. The van der Waals surface area contributed by atoms with E-state index in [1.54, 1.807) is 0 Å². The van der Waals surface area contributed by atoms with Gasteiger partial charge in [-0.2, -0.15) is 23.5 Å². The average Bonchev–Trinajstić information content (AvgIpc) is 3.09. The predicted molar refractivity (Wildman–Crippen MR) is 90.6 cm³/mol. The number of hydrogen-bond donors (Lipinski definition) is 0. The Hall–Kier alpha value is -3.18. The second-order valence-corrected chi connectivity index (χ2v) is 5.86. The van der Waals surface area contributed by atoms with E-state index >= 15 is 0 Å². The quantitative estimate of drug-likeness (QED) is 0.493. The first kappa shape index (κ1) is 18.6. The number of nitriles is 1. The Morgan fingerprint density at radius 2 is 1.96 bits per heavy atom. The molecule has 0 unspecified atom stereocenters. The van der Waals surface area contributed by atoms with Crippen molar-refractivity contribution in [3.05, 3.63) is 76.3 Å². The number of pyridine rings is 1. The molecule has 0 aliphatic carbocycles. The van der Waals surface area contributed by atoms with Gasteiger partial charge in [0.1, 0.15) is 16.8 Å². The fourth-order valence-electron chi connectivity index (χ4n) is 2.54. The number of halogens is 4. The van der Waals surface area contributed by atoms with Crippen molar-refractivity contribution in [3.8, 4) is 11.8 Å². The summed E-state index contributed by atoms with van der Waals surface area (Å²) in [6.45, 7) is 0. The lowest BCUT2D eigenvalue weighted by Crippen LogP contribution is -2.14. The minimum Gasteiger partial charge on any atom is -0.294 e. The molecule has 0 amide bonds. The lowest BCUT2D eigenvalue weighted by molar-refractivity contribution is -0.137. The minimum absolute atomic E-state index is 0.00207. The van der Waals surface area contributed by atoms with E-state index in [9.17, 15) is 23.2 Å². The third kappa shape index (κ3) is 3.83. The van der Waals surface area contributed by atoms with Crippen LogP contribution in [0, 0.1) is 11.3 Å². The van der Waals surface area contributed by atoms with Crippen LogP contribution in [0.1, 0.15) is 27.2 Å². The van der Waals surface area contributed by atoms with Gasteiger partial charge in [-0.1, -0.05) is 29.8 Å². The normalized spacial score (nSPS) is 11.2. The Balaban J connectivity index is 1.89. The van der Waals surface area contributed by atoms with Crippen molar-refractivity contribution in [2.45, 2.75) is 12.6 Å². The van der Waals surface area contributed by atoms with Gasteiger partial charge in [0.2, 0.25) is 0 Å². The van der Waals surface area contributed by atoms with E-state index in [2.05, 4.69) is 10.1 Å². The zero-order chi connectivity index (χ0) is 19.6. The summed E-state index contributed by atoms with van der Waals surface area (Å²) in [4.78, 5) is 16.2. The molecule has 27 heavy (non-hydrogen) atoms. The molecular weight excluding hydrogens is 381 g/mol. The summed E-state index contributed by atoms with van der Waals surface area (Å²) in [5.74, 6) is -0.707. The number of aromatic nitrogens is 3. The predicted octanol–water partition coefficient (Wildman–Crippen LogP) is 4.24. The van der Waals surface area contributed by atoms with Crippen molar-refractivity contribution in [3.63, 3.8) is 0 Å². The molecule has 1 aromatic carbocycles. The standard InChI is InChI=1S/C18H10ClF3N4O/c19-17-13(10-23)15(5-7-24-17)26-8-6-11(25-26)9-16(27)12-3-1-2-4-14(12)18(20,21)22/h1-8H,9H2. The summed E-state index contributed by atoms with van der Waals surface area (Å²) < 4.78 is 40.5. The molecule has 3 aromatic rings. The first-order valence-corrected chi connectivity index (χ1v) is 7.98. The van der Waals surface area contributed by atoms with Crippen LogP contribution in [0.2, 0.25) is 5.15 Å². The van der Waals surface area contributed by atoms with E-state index in [-0.39, 0.29) is 22.8 Å². The van der Waals surface area contributed by atoms with Crippen molar-refractivity contribution in [2.24, 2.45) is 0 Å². The minimum atomic E-state index is -4.62. The van der Waals surface area contributed by atoms with Crippen molar-refractivity contribution in [1.82, 2.24) is 14.8 Å². The summed E-state index contributed by atoms with van der Waals surface area (Å²) in [5, 5.41) is 13.4. The topological polar surface area (TPSA) is 71.6 Å². The Kier molecular flexibility index (Phi) is 4.97. The second-order valence-electron chi connectivity index (χ2n) is 5.50. The molecule has 136 valence electrons. The maximum Gasteiger partial charge on any atom is 0.417 e. The van der Waals surface area contributed by atoms with Crippen LogP contribution in [-0.2, 0) is 12.6 Å². The number of alkyl halides is 3. The molecule has 9 heteroatoms. The maximum absolute atomic E-state index is 13.1. The van der Waals surface area contributed by atoms with E-state index in [0.717, 1.165) is 12.1 Å². The van der Waals surface area contributed by atoms with Gasteiger partial charge in [-0.15, -0.1) is 0 Å². The molecule has 3 rings (SSSR count). The number of Topliss-reactive ketones (excluding diaryl/α,β-unsaturated/α-hetero) is 1. The molecule has 0 atom stereocenters. The lowest BCUT2D eigenvalue weighted by atomic mass is 10.0. The Morgan fingerprint density at radius 1 is 1.22 bits per heavy atom. The molecule has 0 bridgehead atoms. The van der Waals surface area contributed by atoms with Crippen molar-refractivity contribution >= 4 is 17.4 Å². The molecule has 0 radical (unpaired) electrons. The highest BCUT2D eigenvalue weighted by atomic mass is 35.5. The summed E-state index contributed by atoms with van der Waals surface area (Å²) >= 11 is 5.88. The number of carbonyl (C=O) groups is 1. The zero-order valence-electron chi connectivity index (χ0n) is 13.5. The monoisotopic (exact) mass is 390 g/mol. The van der Waals surface area contributed by atoms with E-state index in [1.807, 2.05) is 6.07 Å². The number of rotatable bonds is 4. The third-order valence-electron chi connectivity index (χ3n) is 3.76. The Labute approximate surface area is 156 Å². The first-order valence-electron chi connectivity index (χ1n) is 7.60. The fourth-order valence-corrected chi connectivity index (χ4v) is 2.74. The van der Waals surface area contributed by atoms with Crippen LogP contribution >= 0.6 is 11.6 Å². The largest absolute Gasteiger partial charge is 0.417 e. The van der Waals surface area contributed by atoms with Gasteiger partial charge in [-0.25, -0.2) is 9.67 Å². The van der Waals surface area contributed by atoms with Gasteiger partial charge < -0.3 is 0 Å². The number of nitrogens with zero attached hydrogens (tertiary/aromatic N) is 4. The number of hydrogen-bond acceptors (Lipinski definition) is 4. The van der Waals surface area contributed by atoms with Crippen LogP contribution < -0.4 is 0 Å². The number of benzene rings is 1. The molecule has 0 aliphatic rings. The smallest absolute Gasteiger partial charge is 0.294 e. The Bertz CT molecular complexity index is 1050. The molecule has 0 saturated heterocycles. The van der Waals surface area contributed by atoms with E-state index in [0.29, 0.717) is 5.69 Å². The third-order valence-corrected chi connectivity index (χ3v) is 4.05. The number of carbonyl (C=O) groups excluding carboxylic acids is 1. The van der Waals surface area contributed by atoms with Crippen LogP contribution in [-0.4, -0.2) is 20.5 Å². The van der Waals surface area contributed by atoms with E-state index < -0.39 is 23.1 Å². The van der Waals surface area contributed by atoms with Gasteiger partial charge in [-0.3, -0.25) is 4.79 Å². The van der Waals surface area contributed by atoms with Crippen molar-refractivity contribution < 1.29 is 18.0 Å². The zero-order valence-corrected chi connectivity index (χ0v) is 14.3. The SMILES string of the molecule is N#Cc1c(-n2ccc(CC(=O)c3ccccc3C(F)(F)F)n2)ccnc1Cl. The molecule has 2 heterocycles. The van der Waals surface area contributed by atoms with Crippen LogP contribution in [0.15, 0.2) is 48.8 Å². The van der Waals surface area contributed by atoms with Gasteiger partial charge >= 0.3 is 6.18 Å². The highest BCUT2D eigenvalue weighted by molar-refractivity contribution is 6.30. The summed E-state index contributed by atoms with van der Waals surface area (Å²) in [6, 6.07) is 9.52. The van der Waals surface area contributed by atoms with Crippen LogP contribution in [0.4, 0.5) is 13.2 Å². The van der Waals surface area contributed by atoms with Crippen LogP contribution in [0.3, 0.4) is 0 Å².